The molecule has 0 bridgehead atoms. The molecule has 1 aliphatic heterocycles. The molecule has 0 saturated heterocycles. The maximum atomic E-state index is 12.4. The third kappa shape index (κ3) is 7.00. The number of unbranched alkanes of at least 4 members (excludes halogenated alkanes) is 2. The van der Waals surface area contributed by atoms with E-state index in [1.165, 1.54) is 11.8 Å². The number of thioether (sulfide) groups is 1. The van der Waals surface area contributed by atoms with E-state index >= 15 is 0 Å². The number of hydrogen-bond donors (Lipinski definition) is 1. The Balaban J connectivity index is 1.69. The highest BCUT2D eigenvalue weighted by molar-refractivity contribution is 7.99. The van der Waals surface area contributed by atoms with Gasteiger partial charge in [-0.1, -0.05) is 44.7 Å². The number of ether oxygens (including phenoxy) is 4. The lowest BCUT2D eigenvalue weighted by Crippen LogP contribution is -2.53. The van der Waals surface area contributed by atoms with E-state index in [0.29, 0.717) is 23.7 Å². The van der Waals surface area contributed by atoms with Crippen LogP contribution in [0.4, 0.5) is 0 Å². The van der Waals surface area contributed by atoms with Gasteiger partial charge in [0.1, 0.15) is 35.2 Å². The van der Waals surface area contributed by atoms with Gasteiger partial charge in [-0.3, -0.25) is 0 Å². The highest BCUT2D eigenvalue weighted by atomic mass is 32.2. The Hall–Kier alpha value is -2.15. The Morgan fingerprint density at radius 1 is 0.975 bits per heavy atom. The molecule has 1 heterocycles. The van der Waals surface area contributed by atoms with E-state index in [2.05, 4.69) is 45.7 Å². The first-order valence-electron chi connectivity index (χ1n) is 13.9. The van der Waals surface area contributed by atoms with Crippen LogP contribution in [0.3, 0.4) is 0 Å². The van der Waals surface area contributed by atoms with E-state index in [1.807, 2.05) is 42.7 Å². The smallest absolute Gasteiger partial charge is 0.191 e. The standard InChI is InChI=1S/C32H46O6SSi/c1-30(2,3)40(7,8)38-22-11-9-10-20-36-21-12-19-31(33)28-18-17-27(35-5)23-29(28)37-24-32(31,39-6)25-13-15-26(34-4)16-14-25/h13-18,23,33H,9-11,20-22,24H2,1-8H3. The van der Waals surface area contributed by atoms with Crippen LogP contribution in [0.25, 0.3) is 0 Å². The number of rotatable bonds is 12. The minimum atomic E-state index is -1.69. The highest BCUT2D eigenvalue weighted by Crippen LogP contribution is 2.55. The Bertz CT molecular complexity index is 1170. The van der Waals surface area contributed by atoms with E-state index in [-0.39, 0.29) is 18.3 Å². The van der Waals surface area contributed by atoms with Crippen LogP contribution in [0.15, 0.2) is 42.5 Å². The fourth-order valence-electron chi connectivity index (χ4n) is 4.51. The molecule has 6 nitrogen and oxygen atoms in total. The topological polar surface area (TPSA) is 66.4 Å². The first kappa shape index (κ1) is 32.4. The summed E-state index contributed by atoms with van der Waals surface area (Å²) < 4.78 is 28.2. The van der Waals surface area contributed by atoms with E-state index < -0.39 is 18.7 Å². The van der Waals surface area contributed by atoms with Crippen molar-refractivity contribution in [3.05, 3.63) is 53.6 Å². The van der Waals surface area contributed by atoms with Gasteiger partial charge in [0.15, 0.2) is 13.9 Å². The zero-order valence-corrected chi connectivity index (χ0v) is 27.2. The van der Waals surface area contributed by atoms with E-state index in [9.17, 15) is 5.11 Å². The van der Waals surface area contributed by atoms with Crippen molar-refractivity contribution in [2.45, 2.75) is 68.5 Å². The van der Waals surface area contributed by atoms with Crippen LogP contribution < -0.4 is 14.2 Å². The van der Waals surface area contributed by atoms with Gasteiger partial charge in [-0.25, -0.2) is 0 Å². The van der Waals surface area contributed by atoms with Crippen molar-refractivity contribution in [1.82, 2.24) is 0 Å². The highest BCUT2D eigenvalue weighted by Gasteiger charge is 2.56. The first-order valence-corrected chi connectivity index (χ1v) is 18.0. The first-order chi connectivity index (χ1) is 18.9. The quantitative estimate of drug-likeness (QED) is 0.168. The minimum Gasteiger partial charge on any atom is -0.497 e. The maximum Gasteiger partial charge on any atom is 0.191 e. The molecule has 1 aliphatic rings. The predicted molar refractivity (Wildman–Crippen MR) is 166 cm³/mol. The molecular weight excluding hydrogens is 540 g/mol. The van der Waals surface area contributed by atoms with Crippen LogP contribution >= 0.6 is 11.8 Å². The monoisotopic (exact) mass is 586 g/mol. The molecular formula is C32H46O6SSi. The minimum absolute atomic E-state index is 0.233. The fourth-order valence-corrected chi connectivity index (χ4v) is 6.60. The zero-order valence-electron chi connectivity index (χ0n) is 25.4. The van der Waals surface area contributed by atoms with Crippen molar-refractivity contribution in [3.63, 3.8) is 0 Å². The second kappa shape index (κ2) is 13.7. The lowest BCUT2D eigenvalue weighted by molar-refractivity contribution is 0.00899. The number of aliphatic hydroxyl groups is 1. The molecule has 0 saturated carbocycles. The number of benzene rings is 2. The maximum absolute atomic E-state index is 12.4. The van der Waals surface area contributed by atoms with Gasteiger partial charge in [0, 0.05) is 24.8 Å². The molecule has 0 amide bonds. The largest absolute Gasteiger partial charge is 0.497 e. The summed E-state index contributed by atoms with van der Waals surface area (Å²) in [5.74, 6) is 8.29. The third-order valence-corrected chi connectivity index (χ3v) is 14.0. The molecule has 2 aromatic carbocycles. The fraction of sp³-hybridized carbons (Fsp3) is 0.562. The van der Waals surface area contributed by atoms with Gasteiger partial charge in [0.2, 0.25) is 0 Å². The summed E-state index contributed by atoms with van der Waals surface area (Å²) >= 11 is 1.52. The van der Waals surface area contributed by atoms with Gasteiger partial charge in [0.05, 0.1) is 14.2 Å². The van der Waals surface area contributed by atoms with Gasteiger partial charge in [-0.05, 0) is 73.5 Å². The zero-order chi connectivity index (χ0) is 29.4. The molecule has 0 aromatic heterocycles. The summed E-state index contributed by atoms with van der Waals surface area (Å²) in [6, 6.07) is 13.2. The Morgan fingerprint density at radius 2 is 1.62 bits per heavy atom. The number of methoxy groups -OCH3 is 2. The van der Waals surface area contributed by atoms with Gasteiger partial charge in [-0.15, -0.1) is 11.8 Å². The van der Waals surface area contributed by atoms with Crippen LogP contribution in [-0.4, -0.2) is 60.3 Å². The number of fused-ring (bicyclic) bond motifs is 1. The molecule has 3 rings (SSSR count). The molecule has 2 unspecified atom stereocenters. The molecule has 0 spiro atoms. The SMILES string of the molecule is COc1ccc(C2(SC)COc3cc(OC)ccc3C2(O)C#CCOCCCCCO[Si](C)(C)C(C)(C)C)cc1. The molecule has 40 heavy (non-hydrogen) atoms. The summed E-state index contributed by atoms with van der Waals surface area (Å²) in [5.41, 5.74) is -0.00969. The lowest BCUT2D eigenvalue weighted by atomic mass is 9.75. The van der Waals surface area contributed by atoms with Crippen LogP contribution in [0.2, 0.25) is 18.1 Å². The van der Waals surface area contributed by atoms with Gasteiger partial charge in [-0.2, -0.15) is 0 Å². The second-order valence-electron chi connectivity index (χ2n) is 11.6. The summed E-state index contributed by atoms with van der Waals surface area (Å²) in [6.07, 6.45) is 5.00. The Morgan fingerprint density at radius 3 is 2.25 bits per heavy atom. The predicted octanol–water partition coefficient (Wildman–Crippen LogP) is 6.75. The van der Waals surface area contributed by atoms with Crippen LogP contribution in [0.1, 0.15) is 51.2 Å². The summed E-state index contributed by atoms with van der Waals surface area (Å²) in [4.78, 5) is 0. The van der Waals surface area contributed by atoms with E-state index in [0.717, 1.165) is 37.2 Å². The summed E-state index contributed by atoms with van der Waals surface area (Å²) in [6.45, 7) is 13.3. The Kier molecular flexibility index (Phi) is 11.1. The summed E-state index contributed by atoms with van der Waals surface area (Å²) in [5, 5.41) is 12.6. The van der Waals surface area contributed by atoms with Crippen molar-refractivity contribution in [1.29, 1.82) is 0 Å². The Labute approximate surface area is 246 Å². The van der Waals surface area contributed by atoms with E-state index in [4.69, 9.17) is 23.4 Å². The number of hydrogen-bond acceptors (Lipinski definition) is 7. The molecule has 2 atom stereocenters. The normalized spacial score (nSPS) is 20.6. The van der Waals surface area contributed by atoms with Crippen molar-refractivity contribution >= 4 is 20.1 Å². The lowest BCUT2D eigenvalue weighted by Gasteiger charge is -2.47. The van der Waals surface area contributed by atoms with Gasteiger partial charge >= 0.3 is 0 Å². The van der Waals surface area contributed by atoms with E-state index in [1.54, 1.807) is 20.3 Å². The average molecular weight is 587 g/mol. The van der Waals surface area contributed by atoms with Crippen LogP contribution in [-0.2, 0) is 19.5 Å². The third-order valence-electron chi connectivity index (χ3n) is 8.14. The van der Waals surface area contributed by atoms with Crippen LogP contribution in [0, 0.1) is 11.8 Å². The molecule has 0 aliphatic carbocycles. The second-order valence-corrected chi connectivity index (χ2v) is 17.6. The van der Waals surface area contributed by atoms with Crippen molar-refractivity contribution < 1.29 is 28.5 Å². The molecule has 2 aromatic rings. The van der Waals surface area contributed by atoms with Crippen molar-refractivity contribution in [2.24, 2.45) is 0 Å². The molecule has 0 radical (unpaired) electrons. The van der Waals surface area contributed by atoms with Crippen LogP contribution in [0.5, 0.6) is 17.2 Å². The van der Waals surface area contributed by atoms with Gasteiger partial charge in [0.25, 0.3) is 0 Å². The average Bonchev–Trinajstić information content (AvgIpc) is 2.93. The molecule has 8 heteroatoms. The van der Waals surface area contributed by atoms with Crippen molar-refractivity contribution in [2.75, 3.05) is 46.9 Å². The molecule has 0 fully saturated rings. The van der Waals surface area contributed by atoms with Crippen molar-refractivity contribution in [3.8, 4) is 29.1 Å². The summed E-state index contributed by atoms with van der Waals surface area (Å²) in [7, 11) is 1.56. The van der Waals surface area contributed by atoms with Gasteiger partial charge < -0.3 is 28.5 Å². The molecule has 220 valence electrons. The molecule has 1 N–H and O–H groups in total.